The van der Waals surface area contributed by atoms with Crippen LogP contribution >= 0.6 is 0 Å². The first-order valence-electron chi connectivity index (χ1n) is 5.81. The molecule has 13 heavy (non-hydrogen) atoms. The summed E-state index contributed by atoms with van der Waals surface area (Å²) in [5, 5.41) is 10.4. The number of hydrogen-bond acceptors (Lipinski definition) is 1. The maximum absolute atomic E-state index is 10.4. The summed E-state index contributed by atoms with van der Waals surface area (Å²) < 4.78 is 0. The third-order valence-electron chi connectivity index (χ3n) is 3.80. The smallest absolute Gasteiger partial charge is 0.0670 e. The van der Waals surface area contributed by atoms with Gasteiger partial charge in [0.15, 0.2) is 0 Å². The van der Waals surface area contributed by atoms with Crippen LogP contribution in [0.3, 0.4) is 0 Å². The van der Waals surface area contributed by atoms with Gasteiger partial charge in [-0.1, -0.05) is 46.5 Å². The highest BCUT2D eigenvalue weighted by atomic mass is 16.3. The zero-order chi connectivity index (χ0) is 9.90. The Hall–Kier alpha value is -0.0400. The zero-order valence-corrected chi connectivity index (χ0v) is 9.34. The molecular weight excluding hydrogens is 160 g/mol. The number of aliphatic hydroxyl groups is 1. The van der Waals surface area contributed by atoms with E-state index < -0.39 is 5.60 Å². The SMILES string of the molecule is CCC(O)(CC1CCCC1)C(C)C. The van der Waals surface area contributed by atoms with E-state index in [9.17, 15) is 5.11 Å². The van der Waals surface area contributed by atoms with Crippen LogP contribution in [0.2, 0.25) is 0 Å². The van der Waals surface area contributed by atoms with Gasteiger partial charge in [-0.15, -0.1) is 0 Å². The molecule has 1 unspecified atom stereocenters. The minimum atomic E-state index is -0.394. The fourth-order valence-electron chi connectivity index (χ4n) is 2.50. The molecule has 78 valence electrons. The minimum Gasteiger partial charge on any atom is -0.390 e. The van der Waals surface area contributed by atoms with E-state index in [-0.39, 0.29) is 0 Å². The molecule has 1 saturated carbocycles. The van der Waals surface area contributed by atoms with Crippen molar-refractivity contribution in [2.75, 3.05) is 0 Å². The van der Waals surface area contributed by atoms with Crippen molar-refractivity contribution >= 4 is 0 Å². The molecule has 1 atom stereocenters. The summed E-state index contributed by atoms with van der Waals surface area (Å²) in [6.07, 6.45) is 7.37. The van der Waals surface area contributed by atoms with E-state index in [1.165, 1.54) is 25.7 Å². The Balaban J connectivity index is 2.46. The van der Waals surface area contributed by atoms with Crippen molar-refractivity contribution in [1.82, 2.24) is 0 Å². The molecule has 1 aliphatic carbocycles. The van der Waals surface area contributed by atoms with E-state index in [0.29, 0.717) is 5.92 Å². The van der Waals surface area contributed by atoms with Crippen molar-refractivity contribution in [3.8, 4) is 0 Å². The summed E-state index contributed by atoms with van der Waals surface area (Å²) in [6.45, 7) is 6.38. The van der Waals surface area contributed by atoms with Crippen molar-refractivity contribution in [1.29, 1.82) is 0 Å². The van der Waals surface area contributed by atoms with Crippen LogP contribution in [0.5, 0.6) is 0 Å². The molecule has 0 aromatic rings. The van der Waals surface area contributed by atoms with Crippen LogP contribution in [0.15, 0.2) is 0 Å². The quantitative estimate of drug-likeness (QED) is 0.710. The molecule has 0 aromatic heterocycles. The number of rotatable bonds is 4. The maximum Gasteiger partial charge on any atom is 0.0670 e. The largest absolute Gasteiger partial charge is 0.390 e. The van der Waals surface area contributed by atoms with E-state index in [1.807, 2.05) is 0 Å². The van der Waals surface area contributed by atoms with Gasteiger partial charge in [0.25, 0.3) is 0 Å². The van der Waals surface area contributed by atoms with Crippen molar-refractivity contribution in [3.05, 3.63) is 0 Å². The molecule has 0 bridgehead atoms. The van der Waals surface area contributed by atoms with Crippen molar-refractivity contribution in [2.45, 2.75) is 64.9 Å². The van der Waals surface area contributed by atoms with Crippen LogP contribution in [0.25, 0.3) is 0 Å². The number of hydrogen-bond donors (Lipinski definition) is 1. The maximum atomic E-state index is 10.4. The molecule has 0 spiro atoms. The van der Waals surface area contributed by atoms with E-state index in [2.05, 4.69) is 20.8 Å². The van der Waals surface area contributed by atoms with Gasteiger partial charge in [-0.2, -0.15) is 0 Å². The van der Waals surface area contributed by atoms with Gasteiger partial charge in [-0.05, 0) is 24.7 Å². The molecule has 0 radical (unpaired) electrons. The fourth-order valence-corrected chi connectivity index (χ4v) is 2.50. The minimum absolute atomic E-state index is 0.394. The van der Waals surface area contributed by atoms with E-state index in [1.54, 1.807) is 0 Å². The topological polar surface area (TPSA) is 20.2 Å². The standard InChI is InChI=1S/C12H24O/c1-4-12(13,10(2)3)9-11-7-5-6-8-11/h10-11,13H,4-9H2,1-3H3. The lowest BCUT2D eigenvalue weighted by Gasteiger charge is -2.33. The molecule has 0 heterocycles. The Kier molecular flexibility index (Phi) is 3.78. The van der Waals surface area contributed by atoms with Crippen LogP contribution in [0.4, 0.5) is 0 Å². The van der Waals surface area contributed by atoms with Crippen molar-refractivity contribution < 1.29 is 5.11 Å². The average Bonchev–Trinajstić information content (AvgIpc) is 2.56. The van der Waals surface area contributed by atoms with Gasteiger partial charge in [0.05, 0.1) is 5.60 Å². The van der Waals surface area contributed by atoms with Gasteiger partial charge in [-0.3, -0.25) is 0 Å². The van der Waals surface area contributed by atoms with Crippen LogP contribution in [0.1, 0.15) is 59.3 Å². The third-order valence-corrected chi connectivity index (χ3v) is 3.80. The van der Waals surface area contributed by atoms with Gasteiger partial charge in [0.2, 0.25) is 0 Å². The third kappa shape index (κ3) is 2.70. The molecule has 1 heteroatoms. The molecule has 1 fully saturated rings. The highest BCUT2D eigenvalue weighted by Crippen LogP contribution is 2.36. The highest BCUT2D eigenvalue weighted by molar-refractivity contribution is 4.84. The molecule has 1 nitrogen and oxygen atoms in total. The van der Waals surface area contributed by atoms with Crippen LogP contribution in [-0.2, 0) is 0 Å². The summed E-state index contributed by atoms with van der Waals surface area (Å²) in [7, 11) is 0. The first-order valence-corrected chi connectivity index (χ1v) is 5.81. The first-order chi connectivity index (χ1) is 6.08. The second-order valence-corrected chi connectivity index (χ2v) is 4.97. The highest BCUT2D eigenvalue weighted by Gasteiger charge is 2.32. The molecule has 1 aliphatic rings. The molecule has 0 amide bonds. The second-order valence-electron chi connectivity index (χ2n) is 4.97. The molecule has 0 aliphatic heterocycles. The molecule has 0 saturated heterocycles. The summed E-state index contributed by atoms with van der Waals surface area (Å²) in [4.78, 5) is 0. The van der Waals surface area contributed by atoms with Crippen molar-refractivity contribution in [2.24, 2.45) is 11.8 Å². The fraction of sp³-hybridized carbons (Fsp3) is 1.00. The summed E-state index contributed by atoms with van der Waals surface area (Å²) in [6, 6.07) is 0. The molecule has 1 N–H and O–H groups in total. The molecule has 0 aromatic carbocycles. The van der Waals surface area contributed by atoms with E-state index in [4.69, 9.17) is 0 Å². The molecule has 1 rings (SSSR count). The van der Waals surface area contributed by atoms with Crippen LogP contribution in [-0.4, -0.2) is 10.7 Å². The van der Waals surface area contributed by atoms with Crippen LogP contribution in [0, 0.1) is 11.8 Å². The average molecular weight is 184 g/mol. The van der Waals surface area contributed by atoms with Gasteiger partial charge in [-0.25, -0.2) is 0 Å². The Morgan fingerprint density at radius 1 is 1.31 bits per heavy atom. The lowest BCUT2D eigenvalue weighted by atomic mass is 9.79. The predicted octanol–water partition coefficient (Wildman–Crippen LogP) is 3.36. The normalized spacial score (nSPS) is 23.8. The predicted molar refractivity (Wildman–Crippen MR) is 56.7 cm³/mol. The Morgan fingerprint density at radius 2 is 1.85 bits per heavy atom. The van der Waals surface area contributed by atoms with Crippen molar-refractivity contribution in [3.63, 3.8) is 0 Å². The first kappa shape index (κ1) is 11.0. The Labute approximate surface area is 82.5 Å². The summed E-state index contributed by atoms with van der Waals surface area (Å²) >= 11 is 0. The monoisotopic (exact) mass is 184 g/mol. The molecular formula is C12H24O. The summed E-state index contributed by atoms with van der Waals surface area (Å²) in [5.41, 5.74) is -0.394. The second kappa shape index (κ2) is 4.45. The summed E-state index contributed by atoms with van der Waals surface area (Å²) in [5.74, 6) is 1.20. The Bertz CT molecular complexity index is 147. The van der Waals surface area contributed by atoms with Gasteiger partial charge < -0.3 is 5.11 Å². The van der Waals surface area contributed by atoms with Gasteiger partial charge >= 0.3 is 0 Å². The van der Waals surface area contributed by atoms with E-state index >= 15 is 0 Å². The van der Waals surface area contributed by atoms with Crippen LogP contribution < -0.4 is 0 Å². The van der Waals surface area contributed by atoms with Gasteiger partial charge in [0.1, 0.15) is 0 Å². The lowest BCUT2D eigenvalue weighted by Crippen LogP contribution is -2.36. The Morgan fingerprint density at radius 3 is 2.23 bits per heavy atom. The van der Waals surface area contributed by atoms with E-state index in [0.717, 1.165) is 18.8 Å². The van der Waals surface area contributed by atoms with Gasteiger partial charge in [0, 0.05) is 0 Å². The zero-order valence-electron chi connectivity index (χ0n) is 9.34. The lowest BCUT2D eigenvalue weighted by molar-refractivity contribution is -0.0295.